The molecule has 3 aromatic rings. The number of carboxylic acid groups (broad SMARTS) is 1. The predicted molar refractivity (Wildman–Crippen MR) is 157 cm³/mol. The Morgan fingerprint density at radius 3 is 2.41 bits per heavy atom. The maximum absolute atomic E-state index is 11.2. The Balaban J connectivity index is 1.28. The molecular weight excluding hydrogens is 484 g/mol. The van der Waals surface area contributed by atoms with Gasteiger partial charge in [0.25, 0.3) is 0 Å². The predicted octanol–water partition coefficient (Wildman–Crippen LogP) is 6.45. The second-order valence-corrected chi connectivity index (χ2v) is 11.7. The maximum Gasteiger partial charge on any atom is 0.317 e. The van der Waals surface area contributed by atoms with Crippen LogP contribution in [0.5, 0.6) is 5.75 Å². The molecule has 0 saturated carbocycles. The van der Waals surface area contributed by atoms with Crippen molar-refractivity contribution in [1.29, 1.82) is 0 Å². The molecule has 2 saturated heterocycles. The van der Waals surface area contributed by atoms with Gasteiger partial charge in [-0.1, -0.05) is 48.5 Å². The van der Waals surface area contributed by atoms with Gasteiger partial charge in [-0.05, 0) is 115 Å². The lowest BCUT2D eigenvalue weighted by Gasteiger charge is -2.28. The molecule has 3 aliphatic rings. The first-order chi connectivity index (χ1) is 19.0. The van der Waals surface area contributed by atoms with Crippen molar-refractivity contribution in [3.63, 3.8) is 0 Å². The molecule has 3 aromatic carbocycles. The minimum atomic E-state index is -0.721. The van der Waals surface area contributed by atoms with Crippen molar-refractivity contribution in [3.05, 3.63) is 95.1 Å². The van der Waals surface area contributed by atoms with Gasteiger partial charge in [0.1, 0.15) is 5.75 Å². The first kappa shape index (κ1) is 25.7. The van der Waals surface area contributed by atoms with Gasteiger partial charge >= 0.3 is 5.97 Å². The second kappa shape index (κ2) is 10.9. The third-order valence-electron chi connectivity index (χ3n) is 9.10. The molecule has 5 nitrogen and oxygen atoms in total. The van der Waals surface area contributed by atoms with Crippen molar-refractivity contribution in [3.8, 4) is 5.75 Å². The molecule has 2 N–H and O–H groups in total. The van der Waals surface area contributed by atoms with Crippen LogP contribution in [-0.2, 0) is 11.2 Å². The second-order valence-electron chi connectivity index (χ2n) is 11.7. The highest BCUT2D eigenvalue weighted by Crippen LogP contribution is 2.43. The van der Waals surface area contributed by atoms with E-state index in [4.69, 9.17) is 0 Å². The highest BCUT2D eigenvalue weighted by Gasteiger charge is 2.39. The number of anilines is 1. The summed E-state index contributed by atoms with van der Waals surface area (Å²) in [5, 5.41) is 19.4. The zero-order valence-corrected chi connectivity index (χ0v) is 22.6. The van der Waals surface area contributed by atoms with Crippen molar-refractivity contribution in [2.45, 2.75) is 44.9 Å². The molecule has 1 unspecified atom stereocenters. The van der Waals surface area contributed by atoms with Crippen LogP contribution in [0.4, 0.5) is 5.69 Å². The summed E-state index contributed by atoms with van der Waals surface area (Å²) in [7, 11) is 0. The van der Waals surface area contributed by atoms with Crippen molar-refractivity contribution in [2.75, 3.05) is 37.6 Å². The summed E-state index contributed by atoms with van der Waals surface area (Å²) >= 11 is 0. The van der Waals surface area contributed by atoms with E-state index < -0.39 is 5.97 Å². The number of phenols is 1. The number of aryl methyl sites for hydroxylation is 1. The zero-order valence-electron chi connectivity index (χ0n) is 22.6. The Labute approximate surface area is 231 Å². The summed E-state index contributed by atoms with van der Waals surface area (Å²) in [4.78, 5) is 15.9. The number of carbonyl (C=O) groups is 1. The standard InChI is InChI=1S/C34H38N2O3/c37-29-14-15-31-27(22-29)8-4-9-30(25-6-2-1-3-7-25)33(31)26-10-12-28(13-11-26)36-19-5-16-34(18-21-36)17-20-35(24-34)23-32(38)39/h1-3,6-7,10-15,22,37H,4-5,8-9,16-21,23-24H2,(H,38,39). The molecule has 202 valence electrons. The summed E-state index contributed by atoms with van der Waals surface area (Å²) in [6, 6.07) is 25.7. The SMILES string of the molecule is O=C(O)CN1CCC2(CCCN(c3ccc(C4=C(c5ccccc5)CCCc5cc(O)ccc54)cc3)CC2)C1. The molecule has 0 amide bonds. The average molecular weight is 523 g/mol. The summed E-state index contributed by atoms with van der Waals surface area (Å²) in [6.45, 7) is 4.04. The number of hydrogen-bond donors (Lipinski definition) is 2. The van der Waals surface area contributed by atoms with E-state index in [9.17, 15) is 15.0 Å². The highest BCUT2D eigenvalue weighted by atomic mass is 16.4. The molecule has 1 atom stereocenters. The number of likely N-dealkylation sites (tertiary alicyclic amines) is 1. The van der Waals surface area contributed by atoms with E-state index in [0.29, 0.717) is 5.75 Å². The Bertz CT molecular complexity index is 1360. The van der Waals surface area contributed by atoms with Crippen molar-refractivity contribution < 1.29 is 15.0 Å². The number of rotatable bonds is 5. The molecule has 2 heterocycles. The van der Waals surface area contributed by atoms with E-state index in [1.807, 2.05) is 12.1 Å². The van der Waals surface area contributed by atoms with Crippen LogP contribution < -0.4 is 4.90 Å². The Kier molecular flexibility index (Phi) is 7.18. The van der Waals surface area contributed by atoms with E-state index in [1.165, 1.54) is 45.5 Å². The fourth-order valence-electron chi connectivity index (χ4n) is 7.14. The van der Waals surface area contributed by atoms with Crippen LogP contribution in [0.1, 0.15) is 60.8 Å². The Morgan fingerprint density at radius 2 is 1.62 bits per heavy atom. The number of hydrogen-bond acceptors (Lipinski definition) is 4. The third-order valence-corrected chi connectivity index (χ3v) is 9.10. The van der Waals surface area contributed by atoms with E-state index in [-0.39, 0.29) is 12.0 Å². The van der Waals surface area contributed by atoms with Gasteiger partial charge in [-0.2, -0.15) is 0 Å². The van der Waals surface area contributed by atoms with E-state index in [0.717, 1.165) is 64.7 Å². The highest BCUT2D eigenvalue weighted by molar-refractivity contribution is 6.00. The monoisotopic (exact) mass is 522 g/mol. The van der Waals surface area contributed by atoms with Gasteiger partial charge in [-0.3, -0.25) is 9.69 Å². The lowest BCUT2D eigenvalue weighted by atomic mass is 9.80. The minimum Gasteiger partial charge on any atom is -0.508 e. The molecule has 2 aliphatic heterocycles. The van der Waals surface area contributed by atoms with Crippen LogP contribution in [0.15, 0.2) is 72.8 Å². The summed E-state index contributed by atoms with van der Waals surface area (Å²) in [5.74, 6) is -0.389. The average Bonchev–Trinajstić information content (AvgIpc) is 3.09. The van der Waals surface area contributed by atoms with Crippen molar-refractivity contribution in [2.24, 2.45) is 5.41 Å². The quantitative estimate of drug-likeness (QED) is 0.403. The molecule has 2 fully saturated rings. The van der Waals surface area contributed by atoms with Crippen LogP contribution in [0.3, 0.4) is 0 Å². The number of fused-ring (bicyclic) bond motifs is 1. The molecule has 0 bridgehead atoms. The van der Waals surface area contributed by atoms with Crippen LogP contribution in [0, 0.1) is 5.41 Å². The van der Waals surface area contributed by atoms with Gasteiger partial charge in [-0.25, -0.2) is 0 Å². The van der Waals surface area contributed by atoms with Gasteiger partial charge in [-0.15, -0.1) is 0 Å². The van der Waals surface area contributed by atoms with Crippen LogP contribution >= 0.6 is 0 Å². The van der Waals surface area contributed by atoms with E-state index in [1.54, 1.807) is 0 Å². The first-order valence-electron chi connectivity index (χ1n) is 14.4. The number of benzene rings is 3. The zero-order chi connectivity index (χ0) is 26.8. The van der Waals surface area contributed by atoms with Crippen molar-refractivity contribution in [1.82, 2.24) is 4.90 Å². The normalized spacial score (nSPS) is 22.0. The molecule has 1 spiro atoms. The topological polar surface area (TPSA) is 64.0 Å². The fourth-order valence-corrected chi connectivity index (χ4v) is 7.14. The van der Waals surface area contributed by atoms with Crippen molar-refractivity contribution >= 4 is 22.8 Å². The number of allylic oxidation sites excluding steroid dienone is 1. The van der Waals surface area contributed by atoms with Gasteiger partial charge in [0, 0.05) is 25.3 Å². The molecule has 5 heteroatoms. The Morgan fingerprint density at radius 1 is 0.821 bits per heavy atom. The first-order valence-corrected chi connectivity index (χ1v) is 14.4. The molecule has 1 aliphatic carbocycles. The third kappa shape index (κ3) is 5.46. The molecule has 0 aromatic heterocycles. The number of aliphatic carboxylic acids is 1. The lowest BCUT2D eigenvalue weighted by Crippen LogP contribution is -2.32. The van der Waals surface area contributed by atoms with Crippen LogP contribution in [0.2, 0.25) is 0 Å². The van der Waals surface area contributed by atoms with E-state index in [2.05, 4.69) is 70.5 Å². The number of nitrogens with zero attached hydrogens (tertiary/aromatic N) is 2. The summed E-state index contributed by atoms with van der Waals surface area (Å²) in [6.07, 6.45) is 7.56. The van der Waals surface area contributed by atoms with Crippen LogP contribution in [0.25, 0.3) is 11.1 Å². The Hall–Kier alpha value is -3.57. The molecule has 0 radical (unpaired) electrons. The maximum atomic E-state index is 11.2. The molecular formula is C34H38N2O3. The number of phenolic OH excluding ortho intramolecular Hbond substituents is 1. The summed E-state index contributed by atoms with van der Waals surface area (Å²) in [5.41, 5.74) is 9.09. The molecule has 6 rings (SSSR count). The smallest absolute Gasteiger partial charge is 0.317 e. The number of carboxylic acids is 1. The minimum absolute atomic E-state index is 0.163. The van der Waals surface area contributed by atoms with Crippen LogP contribution in [-0.4, -0.2) is 53.8 Å². The van der Waals surface area contributed by atoms with E-state index >= 15 is 0 Å². The van der Waals surface area contributed by atoms with Gasteiger partial charge < -0.3 is 15.1 Å². The lowest BCUT2D eigenvalue weighted by molar-refractivity contribution is -0.138. The largest absolute Gasteiger partial charge is 0.508 e. The van der Waals surface area contributed by atoms with Gasteiger partial charge in [0.2, 0.25) is 0 Å². The summed E-state index contributed by atoms with van der Waals surface area (Å²) < 4.78 is 0. The van der Waals surface area contributed by atoms with Gasteiger partial charge in [0.15, 0.2) is 0 Å². The molecule has 39 heavy (non-hydrogen) atoms. The number of aromatic hydroxyl groups is 1. The van der Waals surface area contributed by atoms with Gasteiger partial charge in [0.05, 0.1) is 6.54 Å². The fraction of sp³-hybridized carbons (Fsp3) is 0.382.